The molecule has 0 N–H and O–H groups in total. The molecule has 0 aliphatic rings. The van der Waals surface area contributed by atoms with Gasteiger partial charge in [-0.15, -0.1) is 0 Å². The Bertz CT molecular complexity index is 421. The van der Waals surface area contributed by atoms with Crippen molar-refractivity contribution in [3.8, 4) is 0 Å². The second kappa shape index (κ2) is 5.94. The standard InChI is InChI=1S/C16H22O2/c1-5-6-14(17)11-15(18)12-7-9-13(10-8-12)16(2,3)4/h7-10H,5-6,11H2,1-4H3. The van der Waals surface area contributed by atoms with Crippen molar-refractivity contribution in [3.05, 3.63) is 35.4 Å². The van der Waals surface area contributed by atoms with E-state index in [2.05, 4.69) is 20.8 Å². The van der Waals surface area contributed by atoms with E-state index < -0.39 is 0 Å². The van der Waals surface area contributed by atoms with Gasteiger partial charge in [-0.25, -0.2) is 0 Å². The Hall–Kier alpha value is -1.44. The molecular weight excluding hydrogens is 224 g/mol. The van der Waals surface area contributed by atoms with Crippen LogP contribution in [0.4, 0.5) is 0 Å². The molecule has 0 spiro atoms. The van der Waals surface area contributed by atoms with E-state index in [0.717, 1.165) is 6.42 Å². The van der Waals surface area contributed by atoms with Crippen molar-refractivity contribution in [2.24, 2.45) is 0 Å². The van der Waals surface area contributed by atoms with Crippen LogP contribution in [0, 0.1) is 0 Å². The molecule has 0 heterocycles. The summed E-state index contributed by atoms with van der Waals surface area (Å²) in [6.45, 7) is 8.35. The van der Waals surface area contributed by atoms with Gasteiger partial charge < -0.3 is 0 Å². The monoisotopic (exact) mass is 246 g/mol. The summed E-state index contributed by atoms with van der Waals surface area (Å²) in [4.78, 5) is 23.3. The van der Waals surface area contributed by atoms with Gasteiger partial charge in [-0.3, -0.25) is 9.59 Å². The zero-order chi connectivity index (χ0) is 13.8. The second-order valence-corrected chi connectivity index (χ2v) is 5.72. The summed E-state index contributed by atoms with van der Waals surface area (Å²) < 4.78 is 0. The molecule has 0 amide bonds. The Morgan fingerprint density at radius 2 is 1.61 bits per heavy atom. The van der Waals surface area contributed by atoms with Crippen molar-refractivity contribution in [1.82, 2.24) is 0 Å². The van der Waals surface area contributed by atoms with E-state index in [1.807, 2.05) is 31.2 Å². The Morgan fingerprint density at radius 1 is 1.06 bits per heavy atom. The number of hydrogen-bond acceptors (Lipinski definition) is 2. The van der Waals surface area contributed by atoms with E-state index >= 15 is 0 Å². The molecule has 0 saturated carbocycles. The summed E-state index contributed by atoms with van der Waals surface area (Å²) in [5, 5.41) is 0. The Morgan fingerprint density at radius 3 is 2.06 bits per heavy atom. The van der Waals surface area contributed by atoms with E-state index in [4.69, 9.17) is 0 Å². The number of carbonyl (C=O) groups excluding carboxylic acids is 2. The van der Waals surface area contributed by atoms with Gasteiger partial charge in [0.1, 0.15) is 5.78 Å². The van der Waals surface area contributed by atoms with Gasteiger partial charge in [-0.1, -0.05) is 52.0 Å². The fourth-order valence-corrected chi connectivity index (χ4v) is 1.80. The molecule has 1 aromatic rings. The molecule has 98 valence electrons. The van der Waals surface area contributed by atoms with Crippen molar-refractivity contribution in [1.29, 1.82) is 0 Å². The van der Waals surface area contributed by atoms with Gasteiger partial charge in [0.2, 0.25) is 0 Å². The van der Waals surface area contributed by atoms with Crippen LogP contribution in [0.5, 0.6) is 0 Å². The zero-order valence-corrected chi connectivity index (χ0v) is 11.7. The lowest BCUT2D eigenvalue weighted by Crippen LogP contribution is -2.12. The van der Waals surface area contributed by atoms with Gasteiger partial charge in [0.15, 0.2) is 5.78 Å². The van der Waals surface area contributed by atoms with Gasteiger partial charge in [0.25, 0.3) is 0 Å². The zero-order valence-electron chi connectivity index (χ0n) is 11.7. The van der Waals surface area contributed by atoms with Gasteiger partial charge >= 0.3 is 0 Å². The summed E-state index contributed by atoms with van der Waals surface area (Å²) in [6.07, 6.45) is 1.32. The predicted octanol–water partition coefficient (Wildman–Crippen LogP) is 3.93. The smallest absolute Gasteiger partial charge is 0.170 e. The quantitative estimate of drug-likeness (QED) is 0.582. The third kappa shape index (κ3) is 4.10. The maximum absolute atomic E-state index is 11.9. The molecule has 0 atom stereocenters. The molecule has 1 aromatic carbocycles. The largest absolute Gasteiger partial charge is 0.299 e. The molecule has 18 heavy (non-hydrogen) atoms. The molecule has 2 heteroatoms. The maximum Gasteiger partial charge on any atom is 0.170 e. The molecule has 0 saturated heterocycles. The highest BCUT2D eigenvalue weighted by molar-refractivity contribution is 6.07. The second-order valence-electron chi connectivity index (χ2n) is 5.72. The molecule has 2 nitrogen and oxygen atoms in total. The van der Waals surface area contributed by atoms with Crippen LogP contribution in [0.3, 0.4) is 0 Å². The lowest BCUT2D eigenvalue weighted by molar-refractivity contribution is -0.118. The summed E-state index contributed by atoms with van der Waals surface area (Å²) in [6, 6.07) is 7.58. The number of hydrogen-bond donors (Lipinski definition) is 0. The first kappa shape index (κ1) is 14.6. The minimum atomic E-state index is -0.0751. The highest BCUT2D eigenvalue weighted by atomic mass is 16.1. The predicted molar refractivity (Wildman–Crippen MR) is 74.0 cm³/mol. The number of ketones is 2. The van der Waals surface area contributed by atoms with E-state index in [0.29, 0.717) is 12.0 Å². The number of Topliss-reactive ketones (excluding diaryl/α,β-unsaturated/α-hetero) is 2. The molecule has 0 aliphatic carbocycles. The number of rotatable bonds is 5. The van der Waals surface area contributed by atoms with Crippen LogP contribution in [-0.2, 0) is 10.2 Å². The first-order chi connectivity index (χ1) is 8.34. The van der Waals surface area contributed by atoms with E-state index in [1.54, 1.807) is 0 Å². The molecule has 1 rings (SSSR count). The first-order valence-corrected chi connectivity index (χ1v) is 6.50. The molecule has 0 bridgehead atoms. The topological polar surface area (TPSA) is 34.1 Å². The third-order valence-corrected chi connectivity index (χ3v) is 2.96. The average Bonchev–Trinajstić information content (AvgIpc) is 2.28. The normalized spacial score (nSPS) is 11.3. The van der Waals surface area contributed by atoms with E-state index in [-0.39, 0.29) is 23.4 Å². The molecule has 0 radical (unpaired) electrons. The molecule has 0 unspecified atom stereocenters. The van der Waals surface area contributed by atoms with Crippen LogP contribution in [0.25, 0.3) is 0 Å². The lowest BCUT2D eigenvalue weighted by Gasteiger charge is -2.18. The van der Waals surface area contributed by atoms with Crippen LogP contribution in [0.1, 0.15) is 62.9 Å². The molecular formula is C16H22O2. The minimum absolute atomic E-state index is 0.0300. The summed E-state index contributed by atoms with van der Waals surface area (Å²) in [7, 11) is 0. The minimum Gasteiger partial charge on any atom is -0.299 e. The summed E-state index contributed by atoms with van der Waals surface area (Å²) in [5.41, 5.74) is 1.91. The van der Waals surface area contributed by atoms with Gasteiger partial charge in [0.05, 0.1) is 6.42 Å². The Kier molecular flexibility index (Phi) is 4.83. The Labute approximate surface area is 109 Å². The SMILES string of the molecule is CCCC(=O)CC(=O)c1ccc(C(C)(C)C)cc1. The summed E-state index contributed by atoms with van der Waals surface area (Å²) in [5.74, 6) is -0.0451. The highest BCUT2D eigenvalue weighted by Crippen LogP contribution is 2.22. The van der Waals surface area contributed by atoms with E-state index in [1.165, 1.54) is 5.56 Å². The van der Waals surface area contributed by atoms with Crippen molar-refractivity contribution in [2.45, 2.75) is 52.4 Å². The lowest BCUT2D eigenvalue weighted by atomic mass is 9.86. The van der Waals surface area contributed by atoms with Crippen LogP contribution in [-0.4, -0.2) is 11.6 Å². The number of benzene rings is 1. The number of carbonyl (C=O) groups is 2. The van der Waals surface area contributed by atoms with Crippen LogP contribution in [0.2, 0.25) is 0 Å². The summed E-state index contributed by atoms with van der Waals surface area (Å²) >= 11 is 0. The first-order valence-electron chi connectivity index (χ1n) is 6.50. The van der Waals surface area contributed by atoms with Gasteiger partial charge in [-0.05, 0) is 17.4 Å². The molecule has 0 aromatic heterocycles. The van der Waals surface area contributed by atoms with E-state index in [9.17, 15) is 9.59 Å². The Balaban J connectivity index is 2.74. The third-order valence-electron chi connectivity index (χ3n) is 2.96. The average molecular weight is 246 g/mol. The van der Waals surface area contributed by atoms with Gasteiger partial charge in [0, 0.05) is 12.0 Å². The van der Waals surface area contributed by atoms with Crippen LogP contribution >= 0.6 is 0 Å². The van der Waals surface area contributed by atoms with Crippen molar-refractivity contribution >= 4 is 11.6 Å². The molecule has 0 fully saturated rings. The van der Waals surface area contributed by atoms with Crippen molar-refractivity contribution < 1.29 is 9.59 Å². The highest BCUT2D eigenvalue weighted by Gasteiger charge is 2.15. The van der Waals surface area contributed by atoms with Crippen molar-refractivity contribution in [3.63, 3.8) is 0 Å². The van der Waals surface area contributed by atoms with Crippen LogP contribution in [0.15, 0.2) is 24.3 Å². The van der Waals surface area contributed by atoms with Gasteiger partial charge in [-0.2, -0.15) is 0 Å². The fraction of sp³-hybridized carbons (Fsp3) is 0.500. The van der Waals surface area contributed by atoms with Crippen LogP contribution < -0.4 is 0 Å². The maximum atomic E-state index is 11.9. The molecule has 0 aliphatic heterocycles. The van der Waals surface area contributed by atoms with Crippen molar-refractivity contribution in [2.75, 3.05) is 0 Å². The fourth-order valence-electron chi connectivity index (χ4n) is 1.80.